The number of aliphatic hydroxyl groups excluding tert-OH is 1. The van der Waals surface area contributed by atoms with E-state index in [0.717, 1.165) is 38.5 Å². The molecule has 16 heteroatoms. The topological polar surface area (TPSA) is 213 Å². The van der Waals surface area contributed by atoms with Gasteiger partial charge in [-0.25, -0.2) is 4.57 Å². The number of phosphoric ester groups is 1. The smallest absolute Gasteiger partial charge is 0.394 e. The molecular formula is C35H60N5O10P. The normalized spacial score (nSPS) is 14.1. The Bertz CT molecular complexity index is 1250. The number of nitrogens with zero attached hydrogens (tertiary/aromatic N) is 1. The van der Waals surface area contributed by atoms with Crippen molar-refractivity contribution in [2.75, 3.05) is 39.4 Å². The average molecular weight is 742 g/mol. The maximum atomic E-state index is 12.9. The summed E-state index contributed by atoms with van der Waals surface area (Å²) in [5.41, 5.74) is 1.33. The van der Waals surface area contributed by atoms with Gasteiger partial charge in [0.15, 0.2) is 0 Å². The minimum absolute atomic E-state index is 0.0187. The Labute approximate surface area is 302 Å². The minimum Gasteiger partial charge on any atom is -0.394 e. The highest BCUT2D eigenvalue weighted by Crippen LogP contribution is 2.44. The van der Waals surface area contributed by atoms with Gasteiger partial charge in [0.05, 0.1) is 32.4 Å². The molecule has 0 saturated carbocycles. The molecule has 4 atom stereocenters. The van der Waals surface area contributed by atoms with Crippen LogP contribution in [-0.4, -0.2) is 102 Å². The van der Waals surface area contributed by atoms with Crippen LogP contribution in [0.25, 0.3) is 0 Å². The number of rotatable bonds is 27. The molecule has 0 aliphatic carbocycles. The van der Waals surface area contributed by atoms with E-state index in [2.05, 4.69) is 33.4 Å². The van der Waals surface area contributed by atoms with Gasteiger partial charge in [0.25, 0.3) is 0 Å². The maximum Gasteiger partial charge on any atom is 0.472 e. The maximum absolute atomic E-state index is 12.9. The number of amides is 5. The molecule has 1 rings (SSSR count). The number of nitrogens with one attached hydrogen (secondary N) is 4. The Balaban J connectivity index is 2.39. The summed E-state index contributed by atoms with van der Waals surface area (Å²) in [5, 5.41) is 19.5. The fourth-order valence-corrected chi connectivity index (χ4v) is 6.04. The highest BCUT2D eigenvalue weighted by atomic mass is 31.2. The lowest BCUT2D eigenvalue weighted by Crippen LogP contribution is -2.54. The van der Waals surface area contributed by atoms with Gasteiger partial charge in [-0.1, -0.05) is 76.8 Å². The quantitative estimate of drug-likeness (QED) is 0.0573. The van der Waals surface area contributed by atoms with Gasteiger partial charge >= 0.3 is 7.82 Å². The standard InChI is InChI=1S/C35H60N5O10P/c1-6-19-40(28(5)42)24-33(44)38-30(21-26(2)3)34(45)37-23-32(43)39-31(25-41)35(46)36-22-27(4)50-51(47,48)49-20-15-10-8-7-9-12-16-29-17-13-11-14-18-29/h11,13-14,17-18,26-27,30-31,41H,6-10,12,15-16,19-25H2,1-5H3,(H,36,46)(H,37,45)(H,38,44)(H,39,43)(H,47,48)/t27-,30+,31+/m1/s1. The highest BCUT2D eigenvalue weighted by molar-refractivity contribution is 7.47. The Morgan fingerprint density at radius 1 is 0.863 bits per heavy atom. The van der Waals surface area contributed by atoms with Gasteiger partial charge in [0.1, 0.15) is 12.1 Å². The Hall–Kier alpha value is -3.36. The van der Waals surface area contributed by atoms with Crippen molar-refractivity contribution in [3.8, 4) is 0 Å². The van der Waals surface area contributed by atoms with Crippen molar-refractivity contribution in [1.29, 1.82) is 0 Å². The highest BCUT2D eigenvalue weighted by Gasteiger charge is 2.27. The molecule has 0 aromatic heterocycles. The summed E-state index contributed by atoms with van der Waals surface area (Å²) in [5.74, 6) is -2.94. The second-order valence-electron chi connectivity index (χ2n) is 13.0. The molecule has 6 N–H and O–H groups in total. The van der Waals surface area contributed by atoms with Gasteiger partial charge in [-0.05, 0) is 50.5 Å². The molecule has 0 fully saturated rings. The zero-order chi connectivity index (χ0) is 38.2. The van der Waals surface area contributed by atoms with E-state index in [-0.39, 0.29) is 37.9 Å². The van der Waals surface area contributed by atoms with Gasteiger partial charge in [-0.2, -0.15) is 0 Å². The van der Waals surface area contributed by atoms with Crippen molar-refractivity contribution in [2.24, 2.45) is 5.92 Å². The number of phosphoric acid groups is 1. The summed E-state index contributed by atoms with van der Waals surface area (Å²) in [6.07, 6.45) is 6.80. The van der Waals surface area contributed by atoms with Crippen molar-refractivity contribution in [1.82, 2.24) is 26.2 Å². The lowest BCUT2D eigenvalue weighted by Gasteiger charge is -2.24. The van der Waals surface area contributed by atoms with Crippen LogP contribution in [0.3, 0.4) is 0 Å². The fourth-order valence-electron chi connectivity index (χ4n) is 5.09. The van der Waals surface area contributed by atoms with E-state index >= 15 is 0 Å². The van der Waals surface area contributed by atoms with E-state index in [1.807, 2.05) is 39.0 Å². The molecular weight excluding hydrogens is 681 g/mol. The first kappa shape index (κ1) is 45.7. The zero-order valence-corrected chi connectivity index (χ0v) is 31.8. The minimum atomic E-state index is -4.38. The average Bonchev–Trinajstić information content (AvgIpc) is 3.07. The fraction of sp³-hybridized carbons (Fsp3) is 0.686. The Kier molecular flexibility index (Phi) is 22.9. The van der Waals surface area contributed by atoms with Crippen LogP contribution in [0.1, 0.15) is 91.5 Å². The van der Waals surface area contributed by atoms with E-state index in [1.165, 1.54) is 24.3 Å². The largest absolute Gasteiger partial charge is 0.472 e. The summed E-state index contributed by atoms with van der Waals surface area (Å²) < 4.78 is 22.5. The van der Waals surface area contributed by atoms with Crippen molar-refractivity contribution in [3.05, 3.63) is 35.9 Å². The third-order valence-corrected chi connectivity index (χ3v) is 8.86. The van der Waals surface area contributed by atoms with E-state index < -0.39 is 62.8 Å². The number of carbonyl (C=O) groups excluding carboxylic acids is 5. The van der Waals surface area contributed by atoms with Crippen molar-refractivity contribution < 1.29 is 47.6 Å². The summed E-state index contributed by atoms with van der Waals surface area (Å²) in [7, 11) is -4.38. The zero-order valence-electron chi connectivity index (χ0n) is 30.9. The molecule has 0 aliphatic rings. The molecule has 0 bridgehead atoms. The van der Waals surface area contributed by atoms with Gasteiger partial charge in [-0.3, -0.25) is 33.0 Å². The number of hydrogen-bond acceptors (Lipinski definition) is 9. The first-order valence-corrected chi connectivity index (χ1v) is 19.4. The van der Waals surface area contributed by atoms with Crippen molar-refractivity contribution in [2.45, 2.75) is 111 Å². The van der Waals surface area contributed by atoms with Crippen molar-refractivity contribution in [3.63, 3.8) is 0 Å². The first-order valence-electron chi connectivity index (χ1n) is 17.9. The Morgan fingerprint density at radius 2 is 1.47 bits per heavy atom. The SMILES string of the molecule is CCCN(CC(=O)N[C@@H](CC(C)C)C(=O)NCC(=O)N[C@@H](CO)C(=O)NC[C@@H](C)OP(=O)(O)OCCCCCCCCc1ccccc1)C(C)=O. The molecule has 290 valence electrons. The number of hydrogen-bond donors (Lipinski definition) is 6. The predicted molar refractivity (Wildman–Crippen MR) is 193 cm³/mol. The summed E-state index contributed by atoms with van der Waals surface area (Å²) in [6, 6.07) is 7.98. The monoisotopic (exact) mass is 741 g/mol. The van der Waals surface area contributed by atoms with E-state index in [1.54, 1.807) is 0 Å². The second kappa shape index (κ2) is 25.6. The van der Waals surface area contributed by atoms with Crippen LogP contribution in [0, 0.1) is 5.92 Å². The van der Waals surface area contributed by atoms with E-state index in [4.69, 9.17) is 9.05 Å². The number of benzene rings is 1. The molecule has 0 aliphatic heterocycles. The van der Waals surface area contributed by atoms with E-state index in [0.29, 0.717) is 19.4 Å². The molecule has 1 aromatic carbocycles. The molecule has 51 heavy (non-hydrogen) atoms. The Morgan fingerprint density at radius 3 is 2.08 bits per heavy atom. The predicted octanol–water partition coefficient (Wildman–Crippen LogP) is 2.59. The number of aliphatic hydroxyl groups is 1. The van der Waals surface area contributed by atoms with Crippen LogP contribution < -0.4 is 21.3 Å². The van der Waals surface area contributed by atoms with Gasteiger partial charge in [0, 0.05) is 20.0 Å². The molecule has 1 unspecified atom stereocenters. The first-order chi connectivity index (χ1) is 24.2. The molecule has 1 aromatic rings. The number of unbranched alkanes of at least 4 members (excludes halogenated alkanes) is 5. The number of carbonyl (C=O) groups is 5. The lowest BCUT2D eigenvalue weighted by molar-refractivity contribution is -0.136. The van der Waals surface area contributed by atoms with Crippen LogP contribution in [-0.2, 0) is 44.0 Å². The molecule has 0 heterocycles. The van der Waals surface area contributed by atoms with Gasteiger partial charge < -0.3 is 36.2 Å². The van der Waals surface area contributed by atoms with Gasteiger partial charge in [-0.15, -0.1) is 0 Å². The second-order valence-corrected chi connectivity index (χ2v) is 14.4. The van der Waals surface area contributed by atoms with E-state index in [9.17, 15) is 38.5 Å². The molecule has 0 spiro atoms. The van der Waals surface area contributed by atoms with Crippen LogP contribution in [0.4, 0.5) is 0 Å². The van der Waals surface area contributed by atoms with Crippen LogP contribution in [0.15, 0.2) is 30.3 Å². The third-order valence-electron chi connectivity index (χ3n) is 7.72. The van der Waals surface area contributed by atoms with Crippen LogP contribution in [0.2, 0.25) is 0 Å². The lowest BCUT2D eigenvalue weighted by atomic mass is 10.0. The molecule has 0 radical (unpaired) electrons. The molecule has 15 nitrogen and oxygen atoms in total. The molecule has 5 amide bonds. The van der Waals surface area contributed by atoms with Gasteiger partial charge in [0.2, 0.25) is 29.5 Å². The van der Waals surface area contributed by atoms with Crippen LogP contribution in [0.5, 0.6) is 0 Å². The van der Waals surface area contributed by atoms with Crippen molar-refractivity contribution >= 4 is 37.4 Å². The van der Waals surface area contributed by atoms with Crippen LogP contribution >= 0.6 is 7.82 Å². The molecule has 0 saturated heterocycles. The summed E-state index contributed by atoms with van der Waals surface area (Å²) in [6.45, 7) is 7.13. The third kappa shape index (κ3) is 21.6. The summed E-state index contributed by atoms with van der Waals surface area (Å²) in [4.78, 5) is 73.7. The summed E-state index contributed by atoms with van der Waals surface area (Å²) >= 11 is 0. The number of aryl methyl sites for hydroxylation is 1.